The standard InChI is InChI=1S/C15H23NO2/c1-16-10-12-5-4-6-13(12)11-7-8-14(17-2)15(9-11)18-3/h7-9,12-13,16H,4-6,10H2,1-3H3. The maximum absolute atomic E-state index is 5.39. The van der Waals surface area contributed by atoms with E-state index in [-0.39, 0.29) is 0 Å². The molecule has 2 rings (SSSR count). The Labute approximate surface area is 109 Å². The molecule has 0 heterocycles. The van der Waals surface area contributed by atoms with E-state index in [2.05, 4.69) is 17.4 Å². The van der Waals surface area contributed by atoms with E-state index >= 15 is 0 Å². The smallest absolute Gasteiger partial charge is 0.160 e. The summed E-state index contributed by atoms with van der Waals surface area (Å²) >= 11 is 0. The lowest BCUT2D eigenvalue weighted by molar-refractivity contribution is 0.353. The lowest BCUT2D eigenvalue weighted by atomic mass is 9.88. The van der Waals surface area contributed by atoms with Crippen molar-refractivity contribution in [1.82, 2.24) is 5.32 Å². The second kappa shape index (κ2) is 6.10. The third-order valence-corrected chi connectivity index (χ3v) is 3.96. The first-order valence-electron chi connectivity index (χ1n) is 6.66. The van der Waals surface area contributed by atoms with Crippen molar-refractivity contribution in [2.75, 3.05) is 27.8 Å². The molecule has 0 aliphatic heterocycles. The number of rotatable bonds is 5. The van der Waals surface area contributed by atoms with Gasteiger partial charge < -0.3 is 14.8 Å². The van der Waals surface area contributed by atoms with Gasteiger partial charge in [0.2, 0.25) is 0 Å². The van der Waals surface area contributed by atoms with Gasteiger partial charge in [-0.25, -0.2) is 0 Å². The van der Waals surface area contributed by atoms with Gasteiger partial charge in [0.25, 0.3) is 0 Å². The van der Waals surface area contributed by atoms with Crippen molar-refractivity contribution in [3.05, 3.63) is 23.8 Å². The summed E-state index contributed by atoms with van der Waals surface area (Å²) in [5, 5.41) is 3.30. The molecular formula is C15H23NO2. The van der Waals surface area contributed by atoms with Gasteiger partial charge in [-0.3, -0.25) is 0 Å². The molecule has 1 aromatic rings. The number of benzene rings is 1. The molecule has 1 aromatic carbocycles. The summed E-state index contributed by atoms with van der Waals surface area (Å²) in [4.78, 5) is 0. The van der Waals surface area contributed by atoms with E-state index in [0.29, 0.717) is 5.92 Å². The Morgan fingerprint density at radius 2 is 1.94 bits per heavy atom. The highest BCUT2D eigenvalue weighted by Gasteiger charge is 2.28. The zero-order valence-corrected chi connectivity index (χ0v) is 11.5. The first-order chi connectivity index (χ1) is 8.80. The fraction of sp³-hybridized carbons (Fsp3) is 0.600. The largest absolute Gasteiger partial charge is 0.493 e. The molecule has 1 saturated carbocycles. The van der Waals surface area contributed by atoms with Crippen LogP contribution in [0, 0.1) is 5.92 Å². The van der Waals surface area contributed by atoms with Crippen molar-refractivity contribution in [3.8, 4) is 11.5 Å². The second-order valence-electron chi connectivity index (χ2n) is 4.97. The van der Waals surface area contributed by atoms with Gasteiger partial charge in [0.1, 0.15) is 0 Å². The number of nitrogens with one attached hydrogen (secondary N) is 1. The summed E-state index contributed by atoms with van der Waals surface area (Å²) in [5.41, 5.74) is 1.38. The van der Waals surface area contributed by atoms with Gasteiger partial charge in [0.15, 0.2) is 11.5 Å². The SMILES string of the molecule is CNCC1CCCC1c1ccc(OC)c(OC)c1. The Balaban J connectivity index is 2.22. The van der Waals surface area contributed by atoms with Gasteiger partial charge in [0.05, 0.1) is 14.2 Å². The average molecular weight is 249 g/mol. The number of ether oxygens (including phenoxy) is 2. The van der Waals surface area contributed by atoms with Gasteiger partial charge >= 0.3 is 0 Å². The molecule has 1 aliphatic carbocycles. The highest BCUT2D eigenvalue weighted by molar-refractivity contribution is 5.44. The average Bonchev–Trinajstić information content (AvgIpc) is 2.86. The zero-order chi connectivity index (χ0) is 13.0. The molecule has 1 N–H and O–H groups in total. The minimum atomic E-state index is 0.650. The monoisotopic (exact) mass is 249 g/mol. The molecule has 2 unspecified atom stereocenters. The normalized spacial score (nSPS) is 23.1. The third-order valence-electron chi connectivity index (χ3n) is 3.96. The molecule has 0 amide bonds. The first-order valence-corrected chi connectivity index (χ1v) is 6.66. The molecule has 100 valence electrons. The predicted octanol–water partition coefficient (Wildman–Crippen LogP) is 2.81. The minimum Gasteiger partial charge on any atom is -0.493 e. The van der Waals surface area contributed by atoms with Crippen LogP contribution in [0.2, 0.25) is 0 Å². The van der Waals surface area contributed by atoms with Crippen LogP contribution in [0.3, 0.4) is 0 Å². The van der Waals surface area contributed by atoms with Crippen molar-refractivity contribution in [2.45, 2.75) is 25.2 Å². The molecule has 0 spiro atoms. The summed E-state index contributed by atoms with van der Waals surface area (Å²) in [7, 11) is 5.41. The molecule has 3 heteroatoms. The van der Waals surface area contributed by atoms with E-state index < -0.39 is 0 Å². The summed E-state index contributed by atoms with van der Waals surface area (Å²) in [6.45, 7) is 1.10. The molecule has 1 fully saturated rings. The Morgan fingerprint density at radius 1 is 1.17 bits per heavy atom. The molecule has 2 atom stereocenters. The maximum atomic E-state index is 5.39. The van der Waals surface area contributed by atoms with Crippen molar-refractivity contribution in [3.63, 3.8) is 0 Å². The van der Waals surface area contributed by atoms with Crippen molar-refractivity contribution >= 4 is 0 Å². The van der Waals surface area contributed by atoms with E-state index in [9.17, 15) is 0 Å². The van der Waals surface area contributed by atoms with Crippen LogP contribution < -0.4 is 14.8 Å². The van der Waals surface area contributed by atoms with Crippen LogP contribution in [0.4, 0.5) is 0 Å². The van der Waals surface area contributed by atoms with E-state index in [4.69, 9.17) is 9.47 Å². The highest BCUT2D eigenvalue weighted by atomic mass is 16.5. The lowest BCUT2D eigenvalue weighted by Gasteiger charge is -2.20. The van der Waals surface area contributed by atoms with Crippen molar-refractivity contribution < 1.29 is 9.47 Å². The number of methoxy groups -OCH3 is 2. The lowest BCUT2D eigenvalue weighted by Crippen LogP contribution is -2.21. The Bertz CT molecular complexity index is 392. The molecule has 1 aliphatic rings. The van der Waals surface area contributed by atoms with E-state index in [0.717, 1.165) is 24.0 Å². The van der Waals surface area contributed by atoms with Crippen LogP contribution in [0.15, 0.2) is 18.2 Å². The molecule has 0 bridgehead atoms. The van der Waals surface area contributed by atoms with Crippen LogP contribution in [-0.4, -0.2) is 27.8 Å². The van der Waals surface area contributed by atoms with Crippen LogP contribution in [0.1, 0.15) is 30.7 Å². The number of hydrogen-bond donors (Lipinski definition) is 1. The van der Waals surface area contributed by atoms with Crippen LogP contribution in [-0.2, 0) is 0 Å². The molecule has 3 nitrogen and oxygen atoms in total. The topological polar surface area (TPSA) is 30.5 Å². The van der Waals surface area contributed by atoms with Crippen LogP contribution >= 0.6 is 0 Å². The van der Waals surface area contributed by atoms with E-state index in [1.165, 1.54) is 24.8 Å². The minimum absolute atomic E-state index is 0.650. The Morgan fingerprint density at radius 3 is 2.61 bits per heavy atom. The third kappa shape index (κ3) is 2.61. The summed E-state index contributed by atoms with van der Waals surface area (Å²) < 4.78 is 10.7. The molecule has 0 radical (unpaired) electrons. The highest BCUT2D eigenvalue weighted by Crippen LogP contribution is 2.41. The predicted molar refractivity (Wildman–Crippen MR) is 73.6 cm³/mol. The fourth-order valence-electron chi connectivity index (χ4n) is 3.07. The van der Waals surface area contributed by atoms with Gasteiger partial charge in [-0.15, -0.1) is 0 Å². The summed E-state index contributed by atoms with van der Waals surface area (Å²) in [5.74, 6) is 3.04. The van der Waals surface area contributed by atoms with E-state index in [1.807, 2.05) is 13.1 Å². The number of hydrogen-bond acceptors (Lipinski definition) is 3. The van der Waals surface area contributed by atoms with Crippen molar-refractivity contribution in [2.24, 2.45) is 5.92 Å². The molecular weight excluding hydrogens is 226 g/mol. The van der Waals surface area contributed by atoms with Gasteiger partial charge in [-0.1, -0.05) is 12.5 Å². The quantitative estimate of drug-likeness (QED) is 0.870. The first kappa shape index (κ1) is 13.2. The summed E-state index contributed by atoms with van der Waals surface area (Å²) in [6, 6.07) is 6.33. The van der Waals surface area contributed by atoms with E-state index in [1.54, 1.807) is 14.2 Å². The molecule has 0 aromatic heterocycles. The Kier molecular flexibility index (Phi) is 4.48. The van der Waals surface area contributed by atoms with Gasteiger partial charge in [0, 0.05) is 0 Å². The van der Waals surface area contributed by atoms with Crippen molar-refractivity contribution in [1.29, 1.82) is 0 Å². The maximum Gasteiger partial charge on any atom is 0.160 e. The molecule has 18 heavy (non-hydrogen) atoms. The van der Waals surface area contributed by atoms with Crippen LogP contribution in [0.5, 0.6) is 11.5 Å². The molecule has 0 saturated heterocycles. The fourth-order valence-corrected chi connectivity index (χ4v) is 3.07. The Hall–Kier alpha value is -1.22. The zero-order valence-electron chi connectivity index (χ0n) is 11.5. The van der Waals surface area contributed by atoms with Gasteiger partial charge in [-0.2, -0.15) is 0 Å². The van der Waals surface area contributed by atoms with Gasteiger partial charge in [-0.05, 0) is 56.0 Å². The second-order valence-corrected chi connectivity index (χ2v) is 4.97. The van der Waals surface area contributed by atoms with Crippen LogP contribution in [0.25, 0.3) is 0 Å². The summed E-state index contributed by atoms with van der Waals surface area (Å²) in [6.07, 6.45) is 3.92.